The van der Waals surface area contributed by atoms with E-state index in [0.717, 1.165) is 11.3 Å². The third-order valence-corrected chi connectivity index (χ3v) is 6.94. The van der Waals surface area contributed by atoms with Crippen molar-refractivity contribution in [2.75, 3.05) is 6.54 Å². The molecular weight excluding hydrogens is 453 g/mol. The summed E-state index contributed by atoms with van der Waals surface area (Å²) in [5, 5.41) is 12.2. The molecule has 2 atom stereocenters. The molecule has 9 nitrogen and oxygen atoms in total. The minimum Gasteiger partial charge on any atom is -0.331 e. The SMILES string of the molecule is CC(c1nc[nH]n1)N1CCn2nc3c(c2C1=O)CN(C(=O)c1ccc(Cl)c(Cl)c1)[C@H](C)C3. The summed E-state index contributed by atoms with van der Waals surface area (Å²) in [6.45, 7) is 5.29. The Kier molecular flexibility index (Phi) is 5.17. The van der Waals surface area contributed by atoms with Crippen molar-refractivity contribution in [2.45, 2.75) is 45.4 Å². The molecule has 1 aromatic carbocycles. The van der Waals surface area contributed by atoms with Crippen LogP contribution in [0.15, 0.2) is 24.5 Å². The van der Waals surface area contributed by atoms with Crippen LogP contribution in [0.25, 0.3) is 0 Å². The monoisotopic (exact) mass is 473 g/mol. The number of nitrogens with one attached hydrogen (secondary N) is 1. The maximum atomic E-state index is 13.5. The maximum Gasteiger partial charge on any atom is 0.273 e. The average Bonchev–Trinajstić information content (AvgIpc) is 3.42. The van der Waals surface area contributed by atoms with Crippen LogP contribution in [0.2, 0.25) is 10.0 Å². The lowest BCUT2D eigenvalue weighted by atomic mass is 9.97. The Hall–Kier alpha value is -2.91. The zero-order valence-electron chi connectivity index (χ0n) is 17.5. The number of H-pyrrole nitrogens is 1. The zero-order chi connectivity index (χ0) is 22.6. The summed E-state index contributed by atoms with van der Waals surface area (Å²) in [5.41, 5.74) is 2.66. The highest BCUT2D eigenvalue weighted by molar-refractivity contribution is 6.42. The van der Waals surface area contributed by atoms with Gasteiger partial charge in [0.15, 0.2) is 5.82 Å². The van der Waals surface area contributed by atoms with E-state index in [-0.39, 0.29) is 23.9 Å². The van der Waals surface area contributed by atoms with E-state index < -0.39 is 0 Å². The van der Waals surface area contributed by atoms with Crippen LogP contribution in [0.4, 0.5) is 0 Å². The summed E-state index contributed by atoms with van der Waals surface area (Å²) >= 11 is 12.1. The molecule has 2 aliphatic rings. The molecule has 1 N–H and O–H groups in total. The lowest BCUT2D eigenvalue weighted by molar-refractivity contribution is 0.0599. The fourth-order valence-corrected chi connectivity index (χ4v) is 4.73. The van der Waals surface area contributed by atoms with Gasteiger partial charge in [0.2, 0.25) is 0 Å². The second kappa shape index (κ2) is 7.90. The molecule has 32 heavy (non-hydrogen) atoms. The second-order valence-corrected chi connectivity index (χ2v) is 8.96. The van der Waals surface area contributed by atoms with Gasteiger partial charge in [-0.15, -0.1) is 0 Å². The quantitative estimate of drug-likeness (QED) is 0.629. The molecule has 1 unspecified atom stereocenters. The smallest absolute Gasteiger partial charge is 0.273 e. The highest BCUT2D eigenvalue weighted by Crippen LogP contribution is 2.32. The number of hydrogen-bond donors (Lipinski definition) is 1. The van der Waals surface area contributed by atoms with Gasteiger partial charge in [-0.25, -0.2) is 4.98 Å². The second-order valence-electron chi connectivity index (χ2n) is 8.14. The molecule has 0 saturated heterocycles. The third kappa shape index (κ3) is 3.36. The van der Waals surface area contributed by atoms with Crippen molar-refractivity contribution in [3.05, 3.63) is 62.9 Å². The van der Waals surface area contributed by atoms with Crippen LogP contribution in [-0.2, 0) is 19.5 Å². The summed E-state index contributed by atoms with van der Waals surface area (Å²) < 4.78 is 1.77. The molecule has 0 bridgehead atoms. The molecular formula is C21H21Cl2N7O2. The third-order valence-electron chi connectivity index (χ3n) is 6.20. The van der Waals surface area contributed by atoms with Crippen molar-refractivity contribution >= 4 is 35.0 Å². The van der Waals surface area contributed by atoms with Crippen molar-refractivity contribution in [1.29, 1.82) is 0 Å². The maximum absolute atomic E-state index is 13.5. The number of amides is 2. The molecule has 2 aliphatic heterocycles. The number of carbonyl (C=O) groups is 2. The van der Waals surface area contributed by atoms with Gasteiger partial charge in [-0.05, 0) is 32.0 Å². The van der Waals surface area contributed by atoms with Crippen LogP contribution in [0.3, 0.4) is 0 Å². The summed E-state index contributed by atoms with van der Waals surface area (Å²) in [6.07, 6.45) is 2.08. The van der Waals surface area contributed by atoms with Gasteiger partial charge in [-0.2, -0.15) is 10.2 Å². The lowest BCUT2D eigenvalue weighted by Crippen LogP contribution is -2.45. The summed E-state index contributed by atoms with van der Waals surface area (Å²) in [7, 11) is 0. The van der Waals surface area contributed by atoms with Gasteiger partial charge in [0.1, 0.15) is 12.0 Å². The van der Waals surface area contributed by atoms with E-state index in [9.17, 15) is 9.59 Å². The van der Waals surface area contributed by atoms with Crippen molar-refractivity contribution in [2.24, 2.45) is 0 Å². The Morgan fingerprint density at radius 2 is 2.06 bits per heavy atom. The number of carbonyl (C=O) groups excluding carboxylic acids is 2. The fraction of sp³-hybridized carbons (Fsp3) is 0.381. The van der Waals surface area contributed by atoms with Crippen LogP contribution in [0, 0.1) is 0 Å². The number of benzene rings is 1. The first kappa shape index (κ1) is 21.0. The van der Waals surface area contributed by atoms with E-state index in [1.807, 2.05) is 13.8 Å². The highest BCUT2D eigenvalue weighted by Gasteiger charge is 2.39. The number of fused-ring (bicyclic) bond motifs is 3. The van der Waals surface area contributed by atoms with E-state index in [2.05, 4.69) is 15.2 Å². The summed E-state index contributed by atoms with van der Waals surface area (Å²) in [4.78, 5) is 34.4. The minimum atomic E-state index is -0.274. The number of halogens is 2. The Morgan fingerprint density at radius 3 is 2.78 bits per heavy atom. The Balaban J connectivity index is 1.46. The van der Waals surface area contributed by atoms with Gasteiger partial charge in [0, 0.05) is 30.1 Å². The first-order valence-corrected chi connectivity index (χ1v) is 11.1. The normalized spacial score (nSPS) is 19.0. The molecule has 4 heterocycles. The number of hydrogen-bond acceptors (Lipinski definition) is 5. The molecule has 2 amide bonds. The Morgan fingerprint density at radius 1 is 1.25 bits per heavy atom. The van der Waals surface area contributed by atoms with E-state index in [1.165, 1.54) is 6.33 Å². The average molecular weight is 474 g/mol. The topological polar surface area (TPSA) is 100 Å². The molecule has 0 radical (unpaired) electrons. The van der Waals surface area contributed by atoms with Gasteiger partial charge in [-0.3, -0.25) is 19.4 Å². The Labute approximate surface area is 194 Å². The molecule has 0 aliphatic carbocycles. The number of aromatic amines is 1. The molecule has 0 spiro atoms. The van der Waals surface area contributed by atoms with Crippen LogP contribution in [0.5, 0.6) is 0 Å². The van der Waals surface area contributed by atoms with Gasteiger partial charge < -0.3 is 9.80 Å². The number of nitrogens with zero attached hydrogens (tertiary/aromatic N) is 6. The molecule has 11 heteroatoms. The van der Waals surface area contributed by atoms with Crippen molar-refractivity contribution in [1.82, 2.24) is 34.8 Å². The Bertz CT molecular complexity index is 1210. The van der Waals surface area contributed by atoms with Crippen molar-refractivity contribution in [3.63, 3.8) is 0 Å². The van der Waals surface area contributed by atoms with Crippen molar-refractivity contribution < 1.29 is 9.59 Å². The van der Waals surface area contributed by atoms with E-state index in [4.69, 9.17) is 28.3 Å². The molecule has 0 saturated carbocycles. The molecule has 166 valence electrons. The summed E-state index contributed by atoms with van der Waals surface area (Å²) in [6, 6.07) is 4.51. The van der Waals surface area contributed by atoms with Gasteiger partial charge >= 0.3 is 0 Å². The van der Waals surface area contributed by atoms with E-state index in [1.54, 1.807) is 32.7 Å². The van der Waals surface area contributed by atoms with Crippen LogP contribution >= 0.6 is 23.2 Å². The first-order valence-electron chi connectivity index (χ1n) is 10.4. The predicted octanol–water partition coefficient (Wildman–Crippen LogP) is 3.11. The highest BCUT2D eigenvalue weighted by atomic mass is 35.5. The fourth-order valence-electron chi connectivity index (χ4n) is 4.43. The van der Waals surface area contributed by atoms with Gasteiger partial charge in [0.25, 0.3) is 11.8 Å². The van der Waals surface area contributed by atoms with Crippen LogP contribution < -0.4 is 0 Å². The van der Waals surface area contributed by atoms with Gasteiger partial charge in [0.05, 0.1) is 34.9 Å². The first-order chi connectivity index (χ1) is 15.3. The van der Waals surface area contributed by atoms with Gasteiger partial charge in [-0.1, -0.05) is 23.2 Å². The minimum absolute atomic E-state index is 0.0696. The number of rotatable bonds is 3. The molecule has 3 aromatic rings. The number of aromatic nitrogens is 5. The molecule has 0 fully saturated rings. The lowest BCUT2D eigenvalue weighted by Gasteiger charge is -2.35. The largest absolute Gasteiger partial charge is 0.331 e. The standard InChI is InChI=1S/C21H21Cl2N7O2/c1-11-7-17-14(9-29(11)20(31)13-3-4-15(22)16(23)8-13)18-21(32)28(5-6-30(18)27-17)12(2)19-24-10-25-26-19/h3-4,8,10-12H,5-7,9H2,1-2H3,(H,24,25,26)/t11-,12?/m1/s1. The predicted molar refractivity (Wildman–Crippen MR) is 118 cm³/mol. The molecule has 2 aromatic heterocycles. The van der Waals surface area contributed by atoms with Crippen LogP contribution in [-0.4, -0.2) is 59.2 Å². The summed E-state index contributed by atoms with van der Waals surface area (Å²) in [5.74, 6) is 0.278. The molecule has 5 rings (SSSR count). The van der Waals surface area contributed by atoms with Crippen molar-refractivity contribution in [3.8, 4) is 0 Å². The van der Waals surface area contributed by atoms with E-state index in [0.29, 0.717) is 53.2 Å². The van der Waals surface area contributed by atoms with E-state index >= 15 is 0 Å². The zero-order valence-corrected chi connectivity index (χ0v) is 19.1. The van der Waals surface area contributed by atoms with Crippen LogP contribution in [0.1, 0.15) is 57.8 Å².